The molecule has 0 unspecified atom stereocenters. The van der Waals surface area contributed by atoms with Crippen LogP contribution in [0.5, 0.6) is 11.5 Å². The van der Waals surface area contributed by atoms with Crippen molar-refractivity contribution in [3.05, 3.63) is 58.6 Å². The van der Waals surface area contributed by atoms with Crippen LogP contribution in [0.15, 0.2) is 42.5 Å². The molecule has 3 aromatic rings. The van der Waals surface area contributed by atoms with Crippen LogP contribution in [0.4, 0.5) is 5.82 Å². The van der Waals surface area contributed by atoms with Gasteiger partial charge in [-0.05, 0) is 30.3 Å². The number of pyridine rings is 1. The van der Waals surface area contributed by atoms with Crippen LogP contribution in [0.2, 0.25) is 5.02 Å². The van der Waals surface area contributed by atoms with Gasteiger partial charge in [-0.3, -0.25) is 4.79 Å². The van der Waals surface area contributed by atoms with Crippen molar-refractivity contribution in [1.29, 1.82) is 0 Å². The zero-order valence-electron chi connectivity index (χ0n) is 19.0. The first-order chi connectivity index (χ1) is 15.4. The van der Waals surface area contributed by atoms with E-state index in [1.54, 1.807) is 37.3 Å². The summed E-state index contributed by atoms with van der Waals surface area (Å²) in [5.41, 5.74) is 2.14. The Labute approximate surface area is 193 Å². The predicted octanol–water partition coefficient (Wildman–Crippen LogP) is 4.26. The maximum Gasteiger partial charge on any atom is 0.258 e. The molecule has 1 heterocycles. The topological polar surface area (TPSA) is 64.1 Å². The second-order valence-corrected chi connectivity index (χ2v) is 7.90. The highest BCUT2D eigenvalue weighted by atomic mass is 35.5. The van der Waals surface area contributed by atoms with Gasteiger partial charge in [0.1, 0.15) is 5.82 Å². The fourth-order valence-corrected chi connectivity index (χ4v) is 3.73. The van der Waals surface area contributed by atoms with E-state index in [4.69, 9.17) is 30.8 Å². The van der Waals surface area contributed by atoms with Gasteiger partial charge in [0.05, 0.1) is 31.9 Å². The Hall–Kier alpha value is -3.03. The van der Waals surface area contributed by atoms with Crippen molar-refractivity contribution in [2.24, 2.45) is 0 Å². The monoisotopic (exact) mass is 457 g/mol. The first-order valence-electron chi connectivity index (χ1n) is 10.1. The number of hydrogen-bond donors (Lipinski definition) is 0. The van der Waals surface area contributed by atoms with Gasteiger partial charge in [-0.15, -0.1) is 0 Å². The summed E-state index contributed by atoms with van der Waals surface area (Å²) < 4.78 is 16.1. The van der Waals surface area contributed by atoms with Crippen LogP contribution >= 0.6 is 11.6 Å². The number of benzene rings is 2. The summed E-state index contributed by atoms with van der Waals surface area (Å²) in [4.78, 5) is 22.0. The summed E-state index contributed by atoms with van der Waals surface area (Å²) in [6, 6.07) is 12.9. The zero-order valence-corrected chi connectivity index (χ0v) is 19.8. The van der Waals surface area contributed by atoms with E-state index in [2.05, 4.69) is 0 Å². The molecular formula is C24H28ClN3O4. The molecule has 0 radical (unpaired) electrons. The fourth-order valence-electron chi connectivity index (χ4n) is 3.56. The largest absolute Gasteiger partial charge is 0.493 e. The van der Waals surface area contributed by atoms with Crippen molar-refractivity contribution in [3.63, 3.8) is 0 Å². The van der Waals surface area contributed by atoms with Crippen LogP contribution in [0, 0.1) is 0 Å². The van der Waals surface area contributed by atoms with E-state index in [0.29, 0.717) is 41.8 Å². The SMILES string of the molecule is COCCN(Cc1cc2ccc(Cl)cc2nc1N(C)C)C(=O)c1cccc(OC)c1OC. The molecule has 2 aromatic carbocycles. The third kappa shape index (κ3) is 5.06. The van der Waals surface area contributed by atoms with E-state index in [1.807, 2.05) is 43.3 Å². The number of para-hydroxylation sites is 1. The van der Waals surface area contributed by atoms with Crippen LogP contribution in [-0.4, -0.2) is 64.4 Å². The molecule has 0 aliphatic carbocycles. The van der Waals surface area contributed by atoms with Gasteiger partial charge in [0.2, 0.25) is 0 Å². The minimum Gasteiger partial charge on any atom is -0.493 e. The average Bonchev–Trinajstić information content (AvgIpc) is 2.79. The minimum atomic E-state index is -0.182. The predicted molar refractivity (Wildman–Crippen MR) is 127 cm³/mol. The number of amides is 1. The van der Waals surface area contributed by atoms with E-state index in [-0.39, 0.29) is 5.91 Å². The van der Waals surface area contributed by atoms with Crippen LogP contribution in [0.3, 0.4) is 0 Å². The molecular weight excluding hydrogens is 430 g/mol. The molecule has 0 aliphatic rings. The Morgan fingerprint density at radius 2 is 1.84 bits per heavy atom. The van der Waals surface area contributed by atoms with Gasteiger partial charge < -0.3 is 24.0 Å². The lowest BCUT2D eigenvalue weighted by Gasteiger charge is -2.26. The zero-order chi connectivity index (χ0) is 23.3. The molecule has 0 spiro atoms. The van der Waals surface area contributed by atoms with Gasteiger partial charge >= 0.3 is 0 Å². The molecule has 0 saturated heterocycles. The molecule has 1 aromatic heterocycles. The van der Waals surface area contributed by atoms with Gasteiger partial charge in [-0.25, -0.2) is 4.98 Å². The number of aromatic nitrogens is 1. The third-order valence-corrected chi connectivity index (χ3v) is 5.34. The summed E-state index contributed by atoms with van der Waals surface area (Å²) in [5, 5.41) is 1.58. The number of fused-ring (bicyclic) bond motifs is 1. The second-order valence-electron chi connectivity index (χ2n) is 7.46. The van der Waals surface area contributed by atoms with Crippen molar-refractivity contribution in [2.45, 2.75) is 6.54 Å². The lowest BCUT2D eigenvalue weighted by atomic mass is 10.1. The van der Waals surface area contributed by atoms with Gasteiger partial charge in [0.15, 0.2) is 11.5 Å². The highest BCUT2D eigenvalue weighted by Crippen LogP contribution is 2.32. The molecule has 0 aliphatic heterocycles. The molecule has 8 heteroatoms. The standard InChI is InChI=1S/C24H28ClN3O4/c1-27(2)23-17(13-16-9-10-18(25)14-20(16)26-23)15-28(11-12-30-3)24(29)19-7-6-8-21(31-4)22(19)32-5/h6-10,13-14H,11-12,15H2,1-5H3. The summed E-state index contributed by atoms with van der Waals surface area (Å²) in [5.74, 6) is 1.50. The van der Waals surface area contributed by atoms with E-state index in [0.717, 1.165) is 22.3 Å². The number of carbonyl (C=O) groups excluding carboxylic acids is 1. The van der Waals surface area contributed by atoms with Gasteiger partial charge in [-0.1, -0.05) is 23.7 Å². The maximum absolute atomic E-state index is 13.6. The van der Waals surface area contributed by atoms with Gasteiger partial charge in [0.25, 0.3) is 5.91 Å². The molecule has 0 bridgehead atoms. The molecule has 0 atom stereocenters. The second kappa shape index (κ2) is 10.5. The summed E-state index contributed by atoms with van der Waals surface area (Å²) in [6.45, 7) is 1.15. The third-order valence-electron chi connectivity index (χ3n) is 5.11. The minimum absolute atomic E-state index is 0.182. The number of hydrogen-bond acceptors (Lipinski definition) is 6. The molecule has 170 valence electrons. The van der Waals surface area contributed by atoms with E-state index in [1.165, 1.54) is 7.11 Å². The van der Waals surface area contributed by atoms with Crippen molar-refractivity contribution in [3.8, 4) is 11.5 Å². The highest BCUT2D eigenvalue weighted by molar-refractivity contribution is 6.31. The number of ether oxygens (including phenoxy) is 3. The van der Waals surface area contributed by atoms with Gasteiger partial charge in [0, 0.05) is 50.3 Å². The van der Waals surface area contributed by atoms with E-state index < -0.39 is 0 Å². The van der Waals surface area contributed by atoms with Crippen LogP contribution in [0.1, 0.15) is 15.9 Å². The molecule has 3 rings (SSSR count). The Kier molecular flexibility index (Phi) is 7.77. The number of rotatable bonds is 9. The molecule has 0 N–H and O–H groups in total. The van der Waals surface area contributed by atoms with Crippen molar-refractivity contribution < 1.29 is 19.0 Å². The lowest BCUT2D eigenvalue weighted by Crippen LogP contribution is -2.34. The Morgan fingerprint density at radius 1 is 1.06 bits per heavy atom. The average molecular weight is 458 g/mol. The fraction of sp³-hybridized carbons (Fsp3) is 0.333. The number of nitrogens with zero attached hydrogens (tertiary/aromatic N) is 3. The molecule has 7 nitrogen and oxygen atoms in total. The maximum atomic E-state index is 13.6. The van der Waals surface area contributed by atoms with Crippen LogP contribution in [-0.2, 0) is 11.3 Å². The van der Waals surface area contributed by atoms with Crippen molar-refractivity contribution in [1.82, 2.24) is 9.88 Å². The van der Waals surface area contributed by atoms with Crippen LogP contribution in [0.25, 0.3) is 10.9 Å². The molecule has 0 saturated carbocycles. The Morgan fingerprint density at radius 3 is 2.50 bits per heavy atom. The molecule has 1 amide bonds. The normalized spacial score (nSPS) is 10.8. The van der Waals surface area contributed by atoms with Crippen molar-refractivity contribution in [2.75, 3.05) is 53.5 Å². The number of anilines is 1. The summed E-state index contributed by atoms with van der Waals surface area (Å²) in [6.07, 6.45) is 0. The van der Waals surface area contributed by atoms with E-state index >= 15 is 0 Å². The number of methoxy groups -OCH3 is 3. The first-order valence-corrected chi connectivity index (χ1v) is 10.5. The molecule has 0 fully saturated rings. The number of halogens is 1. The smallest absolute Gasteiger partial charge is 0.258 e. The summed E-state index contributed by atoms with van der Waals surface area (Å²) in [7, 11) is 8.53. The van der Waals surface area contributed by atoms with E-state index in [9.17, 15) is 4.79 Å². The Bertz CT molecular complexity index is 1100. The van der Waals surface area contributed by atoms with Crippen molar-refractivity contribution >= 4 is 34.2 Å². The first kappa shape index (κ1) is 23.6. The molecule has 32 heavy (non-hydrogen) atoms. The Balaban J connectivity index is 2.04. The number of carbonyl (C=O) groups is 1. The highest BCUT2D eigenvalue weighted by Gasteiger charge is 2.24. The summed E-state index contributed by atoms with van der Waals surface area (Å²) >= 11 is 6.15. The quantitative estimate of drug-likeness (QED) is 0.478. The lowest BCUT2D eigenvalue weighted by molar-refractivity contribution is 0.0676. The van der Waals surface area contributed by atoms with Crippen LogP contribution < -0.4 is 14.4 Å². The van der Waals surface area contributed by atoms with Gasteiger partial charge in [-0.2, -0.15) is 0 Å².